The fourth-order valence-electron chi connectivity index (χ4n) is 2.87. The summed E-state index contributed by atoms with van der Waals surface area (Å²) in [7, 11) is 0. The highest BCUT2D eigenvalue weighted by Crippen LogP contribution is 2.25. The van der Waals surface area contributed by atoms with Crippen LogP contribution in [0.1, 0.15) is 18.1 Å². The third-order valence-electron chi connectivity index (χ3n) is 4.26. The summed E-state index contributed by atoms with van der Waals surface area (Å²) >= 11 is 0. The first-order valence-electron chi connectivity index (χ1n) is 9.55. The number of anilines is 1. The predicted octanol–water partition coefficient (Wildman–Crippen LogP) is 5.51. The molecule has 0 aliphatic carbocycles. The van der Waals surface area contributed by atoms with Crippen molar-refractivity contribution in [3.05, 3.63) is 77.9 Å². The zero-order chi connectivity index (χ0) is 20.6. The van der Waals surface area contributed by atoms with Gasteiger partial charge in [-0.25, -0.2) is 0 Å². The number of carbonyl (C=O) groups excluding carboxylic acids is 1. The number of benzene rings is 3. The van der Waals surface area contributed by atoms with Crippen LogP contribution in [0.5, 0.6) is 23.0 Å². The molecule has 0 radical (unpaired) electrons. The predicted molar refractivity (Wildman–Crippen MR) is 114 cm³/mol. The fraction of sp³-hybridized carbons (Fsp3) is 0.208. The number of ether oxygens (including phenoxy) is 3. The van der Waals surface area contributed by atoms with Crippen LogP contribution in [-0.2, 0) is 4.79 Å². The summed E-state index contributed by atoms with van der Waals surface area (Å²) in [6.45, 7) is 6.45. The maximum atomic E-state index is 12.2. The quantitative estimate of drug-likeness (QED) is 0.550. The first kappa shape index (κ1) is 20.3. The van der Waals surface area contributed by atoms with E-state index in [9.17, 15) is 4.79 Å². The Morgan fingerprint density at radius 1 is 0.793 bits per heavy atom. The van der Waals surface area contributed by atoms with E-state index in [1.165, 1.54) is 0 Å². The Morgan fingerprint density at radius 2 is 1.34 bits per heavy atom. The van der Waals surface area contributed by atoms with Crippen LogP contribution in [0.25, 0.3) is 0 Å². The van der Waals surface area contributed by atoms with Crippen molar-refractivity contribution in [1.82, 2.24) is 0 Å². The smallest absolute Gasteiger partial charge is 0.262 e. The van der Waals surface area contributed by atoms with E-state index in [4.69, 9.17) is 14.2 Å². The number of hydrogen-bond acceptors (Lipinski definition) is 4. The van der Waals surface area contributed by atoms with Crippen LogP contribution in [0.15, 0.2) is 66.7 Å². The number of carbonyl (C=O) groups is 1. The summed E-state index contributed by atoms with van der Waals surface area (Å²) in [5, 5.41) is 2.83. The Hall–Kier alpha value is -3.47. The summed E-state index contributed by atoms with van der Waals surface area (Å²) in [6, 6.07) is 20.5. The molecule has 0 unspecified atom stereocenters. The van der Waals surface area contributed by atoms with Gasteiger partial charge in [0.25, 0.3) is 5.91 Å². The lowest BCUT2D eigenvalue weighted by Gasteiger charge is -2.12. The summed E-state index contributed by atoms with van der Waals surface area (Å²) in [5.74, 6) is 2.74. The summed E-state index contributed by atoms with van der Waals surface area (Å²) < 4.78 is 16.9. The fourth-order valence-corrected chi connectivity index (χ4v) is 2.87. The molecule has 3 aromatic rings. The Labute approximate surface area is 171 Å². The molecular formula is C24H25NO4. The second-order valence-electron chi connectivity index (χ2n) is 6.59. The van der Waals surface area contributed by atoms with Gasteiger partial charge in [-0.3, -0.25) is 4.79 Å². The van der Waals surface area contributed by atoms with E-state index in [1.807, 2.05) is 63.2 Å². The molecule has 0 aliphatic rings. The van der Waals surface area contributed by atoms with Gasteiger partial charge in [0.05, 0.1) is 6.61 Å². The molecule has 1 amide bonds. The molecule has 0 fully saturated rings. The van der Waals surface area contributed by atoms with Gasteiger partial charge in [-0.2, -0.15) is 0 Å². The summed E-state index contributed by atoms with van der Waals surface area (Å²) in [5.41, 5.74) is 2.70. The van der Waals surface area contributed by atoms with E-state index in [0.717, 1.165) is 22.6 Å². The molecule has 0 saturated heterocycles. The van der Waals surface area contributed by atoms with Crippen molar-refractivity contribution in [3.63, 3.8) is 0 Å². The molecule has 150 valence electrons. The zero-order valence-electron chi connectivity index (χ0n) is 16.9. The number of aryl methyl sites for hydroxylation is 2. The van der Waals surface area contributed by atoms with Gasteiger partial charge in [0.15, 0.2) is 6.61 Å². The number of amides is 1. The van der Waals surface area contributed by atoms with Gasteiger partial charge >= 0.3 is 0 Å². The molecule has 3 rings (SSSR count). The van der Waals surface area contributed by atoms with Crippen LogP contribution in [-0.4, -0.2) is 19.1 Å². The third kappa shape index (κ3) is 5.75. The minimum Gasteiger partial charge on any atom is -0.494 e. The van der Waals surface area contributed by atoms with Crippen molar-refractivity contribution < 1.29 is 19.0 Å². The van der Waals surface area contributed by atoms with Crippen LogP contribution in [0, 0.1) is 13.8 Å². The lowest BCUT2D eigenvalue weighted by atomic mass is 10.1. The van der Waals surface area contributed by atoms with E-state index in [-0.39, 0.29) is 12.5 Å². The molecule has 1 N–H and O–H groups in total. The van der Waals surface area contributed by atoms with Crippen LogP contribution >= 0.6 is 0 Å². The van der Waals surface area contributed by atoms with Crippen molar-refractivity contribution in [1.29, 1.82) is 0 Å². The Morgan fingerprint density at radius 3 is 1.93 bits per heavy atom. The third-order valence-corrected chi connectivity index (χ3v) is 4.26. The Bertz CT molecular complexity index is 929. The minimum atomic E-state index is -0.215. The van der Waals surface area contributed by atoms with Gasteiger partial charge in [0.1, 0.15) is 23.0 Å². The van der Waals surface area contributed by atoms with Gasteiger partial charge in [-0.1, -0.05) is 18.2 Å². The first-order valence-corrected chi connectivity index (χ1v) is 9.55. The second kappa shape index (κ2) is 9.64. The van der Waals surface area contributed by atoms with Crippen molar-refractivity contribution in [2.45, 2.75) is 20.8 Å². The molecule has 0 bridgehead atoms. The van der Waals surface area contributed by atoms with Crippen LogP contribution in [0.2, 0.25) is 0 Å². The molecule has 5 heteroatoms. The molecule has 0 atom stereocenters. The molecule has 0 saturated carbocycles. The van der Waals surface area contributed by atoms with Gasteiger partial charge in [0.2, 0.25) is 0 Å². The largest absolute Gasteiger partial charge is 0.494 e. The number of hydrogen-bond donors (Lipinski definition) is 1. The average molecular weight is 391 g/mol. The van der Waals surface area contributed by atoms with E-state index in [2.05, 4.69) is 5.32 Å². The van der Waals surface area contributed by atoms with Gasteiger partial charge in [-0.15, -0.1) is 0 Å². The van der Waals surface area contributed by atoms with Gasteiger partial charge in [0, 0.05) is 5.69 Å². The second-order valence-corrected chi connectivity index (χ2v) is 6.59. The van der Waals surface area contributed by atoms with E-state index < -0.39 is 0 Å². The van der Waals surface area contributed by atoms with E-state index in [1.54, 1.807) is 24.3 Å². The highest BCUT2D eigenvalue weighted by Gasteiger charge is 2.08. The number of para-hydroxylation sites is 1. The highest BCUT2D eigenvalue weighted by atomic mass is 16.5. The molecule has 0 aliphatic heterocycles. The Balaban J connectivity index is 1.52. The lowest BCUT2D eigenvalue weighted by Crippen LogP contribution is -2.20. The minimum absolute atomic E-state index is 0.0455. The van der Waals surface area contributed by atoms with Gasteiger partial charge < -0.3 is 19.5 Å². The molecule has 0 spiro atoms. The number of nitrogens with one attached hydrogen (secondary N) is 1. The molecule has 3 aromatic carbocycles. The summed E-state index contributed by atoms with van der Waals surface area (Å²) in [6.07, 6.45) is 0. The van der Waals surface area contributed by atoms with Crippen LogP contribution < -0.4 is 19.5 Å². The van der Waals surface area contributed by atoms with E-state index >= 15 is 0 Å². The maximum Gasteiger partial charge on any atom is 0.262 e. The standard InChI is InChI=1S/C24H25NO4/c1-4-27-20-12-14-22(15-13-20)29-21-10-8-19(9-11-21)25-23(26)16-28-24-17(2)6-5-7-18(24)3/h5-15H,4,16H2,1-3H3,(H,25,26). The van der Waals surface area contributed by atoms with Crippen molar-refractivity contribution in [2.75, 3.05) is 18.5 Å². The maximum absolute atomic E-state index is 12.2. The Kier molecular flexibility index (Phi) is 6.74. The normalized spacial score (nSPS) is 10.3. The average Bonchev–Trinajstić information content (AvgIpc) is 2.71. The molecule has 29 heavy (non-hydrogen) atoms. The molecule has 0 heterocycles. The first-order chi connectivity index (χ1) is 14.0. The highest BCUT2D eigenvalue weighted by molar-refractivity contribution is 5.91. The zero-order valence-corrected chi connectivity index (χ0v) is 16.9. The molecule has 0 aromatic heterocycles. The number of rotatable bonds is 8. The van der Waals surface area contributed by atoms with Crippen molar-refractivity contribution in [3.8, 4) is 23.0 Å². The van der Waals surface area contributed by atoms with E-state index in [0.29, 0.717) is 23.8 Å². The van der Waals surface area contributed by atoms with Crippen molar-refractivity contribution in [2.24, 2.45) is 0 Å². The SMILES string of the molecule is CCOc1ccc(Oc2ccc(NC(=O)COc3c(C)cccc3C)cc2)cc1. The van der Waals surface area contributed by atoms with Crippen LogP contribution in [0.3, 0.4) is 0 Å². The van der Waals surface area contributed by atoms with Crippen LogP contribution in [0.4, 0.5) is 5.69 Å². The molecule has 5 nitrogen and oxygen atoms in total. The lowest BCUT2D eigenvalue weighted by molar-refractivity contribution is -0.118. The monoisotopic (exact) mass is 391 g/mol. The van der Waals surface area contributed by atoms with Crippen molar-refractivity contribution >= 4 is 11.6 Å². The van der Waals surface area contributed by atoms with Gasteiger partial charge in [-0.05, 0) is 80.4 Å². The molecular weight excluding hydrogens is 366 g/mol. The summed E-state index contributed by atoms with van der Waals surface area (Å²) in [4.78, 5) is 12.2. The topological polar surface area (TPSA) is 56.8 Å².